The van der Waals surface area contributed by atoms with Crippen LogP contribution in [-0.2, 0) is 0 Å². The summed E-state index contributed by atoms with van der Waals surface area (Å²) in [4.78, 5) is 2.62. The Balaban J connectivity index is 2.54. The Morgan fingerprint density at radius 2 is 1.88 bits per heavy atom. The van der Waals surface area contributed by atoms with Gasteiger partial charge in [-0.15, -0.1) is 0 Å². The number of nitrogens with one attached hydrogen (secondary N) is 1. The molecule has 0 amide bonds. The third kappa shape index (κ3) is 4.97. The maximum Gasteiger partial charge on any atom is 0.0246 e. The van der Waals surface area contributed by atoms with Crippen LogP contribution in [0.3, 0.4) is 0 Å². The molecule has 1 fully saturated rings. The Hall–Kier alpha value is -0.0800. The molecule has 0 aliphatic heterocycles. The van der Waals surface area contributed by atoms with Crippen LogP contribution in [-0.4, -0.2) is 37.1 Å². The van der Waals surface area contributed by atoms with E-state index in [1.165, 1.54) is 45.1 Å². The molecule has 0 heterocycles. The molecule has 1 N–H and O–H groups in total. The van der Waals surface area contributed by atoms with Gasteiger partial charge in [0.25, 0.3) is 0 Å². The molecule has 0 aromatic rings. The molecule has 2 heteroatoms. The minimum Gasteiger partial charge on any atom is -0.313 e. The highest BCUT2D eigenvalue weighted by molar-refractivity contribution is 4.85. The summed E-state index contributed by atoms with van der Waals surface area (Å²) in [6, 6.07) is 1.48. The summed E-state index contributed by atoms with van der Waals surface area (Å²) in [5, 5.41) is 3.71. The molecule has 1 rings (SSSR count). The zero-order chi connectivity index (χ0) is 12.7. The second-order valence-electron chi connectivity index (χ2n) is 5.82. The zero-order valence-corrected chi connectivity index (χ0v) is 12.3. The topological polar surface area (TPSA) is 15.3 Å². The van der Waals surface area contributed by atoms with Crippen molar-refractivity contribution in [3.05, 3.63) is 0 Å². The Bertz CT molecular complexity index is 193. The lowest BCUT2D eigenvalue weighted by Crippen LogP contribution is -2.49. The molecule has 17 heavy (non-hydrogen) atoms. The van der Waals surface area contributed by atoms with Gasteiger partial charge in [0.05, 0.1) is 0 Å². The van der Waals surface area contributed by atoms with E-state index in [2.05, 4.69) is 38.0 Å². The van der Waals surface area contributed by atoms with Crippen molar-refractivity contribution in [3.63, 3.8) is 0 Å². The fraction of sp³-hybridized carbons (Fsp3) is 1.00. The van der Waals surface area contributed by atoms with Gasteiger partial charge in [-0.2, -0.15) is 0 Å². The molecule has 0 aromatic heterocycles. The average Bonchev–Trinajstić information content (AvgIpc) is 2.55. The van der Waals surface area contributed by atoms with Crippen molar-refractivity contribution >= 4 is 0 Å². The molecule has 3 atom stereocenters. The van der Waals surface area contributed by atoms with E-state index in [1.54, 1.807) is 0 Å². The predicted octanol–water partition coefficient (Wildman–Crippen LogP) is 3.28. The fourth-order valence-corrected chi connectivity index (χ4v) is 3.07. The summed E-state index contributed by atoms with van der Waals surface area (Å²) in [6.07, 6.45) is 8.29. The van der Waals surface area contributed by atoms with E-state index in [4.69, 9.17) is 0 Å². The number of likely N-dealkylation sites (N-methyl/N-ethyl adjacent to an activating group) is 2. The molecule has 0 bridgehead atoms. The van der Waals surface area contributed by atoms with Gasteiger partial charge in [-0.25, -0.2) is 0 Å². The second kappa shape index (κ2) is 8.10. The molecule has 1 saturated carbocycles. The van der Waals surface area contributed by atoms with E-state index >= 15 is 0 Å². The third-order valence-corrected chi connectivity index (χ3v) is 4.31. The van der Waals surface area contributed by atoms with Crippen molar-refractivity contribution in [2.24, 2.45) is 5.92 Å². The quantitative estimate of drug-likeness (QED) is 0.717. The van der Waals surface area contributed by atoms with Gasteiger partial charge >= 0.3 is 0 Å². The molecule has 2 nitrogen and oxygen atoms in total. The minimum atomic E-state index is 0.719. The number of rotatable bonds is 6. The first-order valence-electron chi connectivity index (χ1n) is 7.62. The fourth-order valence-electron chi connectivity index (χ4n) is 3.07. The van der Waals surface area contributed by atoms with Crippen LogP contribution in [0.15, 0.2) is 0 Å². The van der Waals surface area contributed by atoms with E-state index in [0.29, 0.717) is 0 Å². The summed E-state index contributed by atoms with van der Waals surface area (Å²) < 4.78 is 0. The smallest absolute Gasteiger partial charge is 0.0246 e. The molecular weight excluding hydrogens is 208 g/mol. The van der Waals surface area contributed by atoms with Crippen LogP contribution in [0, 0.1) is 5.92 Å². The van der Waals surface area contributed by atoms with Crippen molar-refractivity contribution in [2.75, 3.05) is 20.1 Å². The summed E-state index contributed by atoms with van der Waals surface area (Å²) >= 11 is 0. The van der Waals surface area contributed by atoms with E-state index < -0.39 is 0 Å². The van der Waals surface area contributed by atoms with Gasteiger partial charge in [0.1, 0.15) is 0 Å². The van der Waals surface area contributed by atoms with Crippen LogP contribution in [0.5, 0.6) is 0 Å². The highest BCUT2D eigenvalue weighted by Crippen LogP contribution is 2.22. The van der Waals surface area contributed by atoms with Crippen LogP contribution >= 0.6 is 0 Å². The first-order chi connectivity index (χ1) is 8.19. The molecule has 0 saturated heterocycles. The standard InChI is InChI=1S/C15H32N2/c1-5-13(3)12-17(4)15-11-9-7-8-10-14(15)16-6-2/h13-16H,5-12H2,1-4H3. The van der Waals surface area contributed by atoms with Crippen LogP contribution < -0.4 is 5.32 Å². The van der Waals surface area contributed by atoms with Crippen molar-refractivity contribution in [1.82, 2.24) is 10.2 Å². The van der Waals surface area contributed by atoms with Crippen LogP contribution in [0.25, 0.3) is 0 Å². The van der Waals surface area contributed by atoms with E-state index in [1.807, 2.05) is 0 Å². The average molecular weight is 240 g/mol. The lowest BCUT2D eigenvalue weighted by atomic mass is 9.99. The Morgan fingerprint density at radius 1 is 1.18 bits per heavy atom. The number of hydrogen-bond donors (Lipinski definition) is 1. The largest absolute Gasteiger partial charge is 0.313 e. The predicted molar refractivity (Wildman–Crippen MR) is 76.4 cm³/mol. The molecule has 0 radical (unpaired) electrons. The molecule has 3 unspecified atom stereocenters. The molecule has 0 spiro atoms. The summed E-state index contributed by atoms with van der Waals surface area (Å²) in [5.41, 5.74) is 0. The van der Waals surface area contributed by atoms with Gasteiger partial charge in [0.2, 0.25) is 0 Å². The Morgan fingerprint density at radius 3 is 2.53 bits per heavy atom. The first kappa shape index (κ1) is 15.0. The van der Waals surface area contributed by atoms with Gasteiger partial charge < -0.3 is 10.2 Å². The van der Waals surface area contributed by atoms with Crippen LogP contribution in [0.2, 0.25) is 0 Å². The van der Waals surface area contributed by atoms with Gasteiger partial charge in [-0.1, -0.05) is 46.5 Å². The molecule has 1 aliphatic rings. The van der Waals surface area contributed by atoms with Crippen molar-refractivity contribution < 1.29 is 0 Å². The van der Waals surface area contributed by atoms with Gasteiger partial charge in [0, 0.05) is 18.6 Å². The lowest BCUT2D eigenvalue weighted by Gasteiger charge is -2.35. The SMILES string of the molecule is CCNC1CCCCCC1N(C)CC(C)CC. The molecular formula is C15H32N2. The highest BCUT2D eigenvalue weighted by Gasteiger charge is 2.26. The van der Waals surface area contributed by atoms with Crippen molar-refractivity contribution in [2.45, 2.75) is 71.4 Å². The van der Waals surface area contributed by atoms with Crippen LogP contribution in [0.1, 0.15) is 59.3 Å². The summed E-state index contributed by atoms with van der Waals surface area (Å²) in [7, 11) is 2.33. The highest BCUT2D eigenvalue weighted by atomic mass is 15.2. The summed E-state index contributed by atoms with van der Waals surface area (Å²) in [6.45, 7) is 9.26. The number of hydrogen-bond acceptors (Lipinski definition) is 2. The van der Waals surface area contributed by atoms with Gasteiger partial charge in [-0.05, 0) is 32.4 Å². The Kier molecular flexibility index (Phi) is 7.14. The molecule has 102 valence electrons. The van der Waals surface area contributed by atoms with Crippen LogP contribution in [0.4, 0.5) is 0 Å². The monoisotopic (exact) mass is 240 g/mol. The summed E-state index contributed by atoms with van der Waals surface area (Å²) in [5.74, 6) is 0.825. The maximum atomic E-state index is 3.71. The second-order valence-corrected chi connectivity index (χ2v) is 5.82. The lowest BCUT2D eigenvalue weighted by molar-refractivity contribution is 0.161. The van der Waals surface area contributed by atoms with Gasteiger partial charge in [-0.3, -0.25) is 0 Å². The minimum absolute atomic E-state index is 0.719. The van der Waals surface area contributed by atoms with E-state index in [9.17, 15) is 0 Å². The zero-order valence-electron chi connectivity index (χ0n) is 12.3. The van der Waals surface area contributed by atoms with Crippen molar-refractivity contribution in [3.8, 4) is 0 Å². The first-order valence-corrected chi connectivity index (χ1v) is 7.62. The number of nitrogens with zero attached hydrogens (tertiary/aromatic N) is 1. The molecule has 1 aliphatic carbocycles. The van der Waals surface area contributed by atoms with E-state index in [-0.39, 0.29) is 0 Å². The normalized spacial score (nSPS) is 28.1. The third-order valence-electron chi connectivity index (χ3n) is 4.31. The molecule has 0 aromatic carbocycles. The Labute approximate surface area is 108 Å². The van der Waals surface area contributed by atoms with Crippen molar-refractivity contribution in [1.29, 1.82) is 0 Å². The maximum absolute atomic E-state index is 3.71. The van der Waals surface area contributed by atoms with E-state index in [0.717, 1.165) is 24.5 Å². The van der Waals surface area contributed by atoms with Gasteiger partial charge in [0.15, 0.2) is 0 Å².